The zero-order valence-electron chi connectivity index (χ0n) is 7.48. The fraction of sp³-hybridized carbons (Fsp3) is 0.100. The number of hydrogen-bond acceptors (Lipinski definition) is 3. The molecule has 0 aliphatic rings. The molecular weight excluding hydrogens is 184 g/mol. The Morgan fingerprint density at radius 3 is 2.43 bits per heavy atom. The second-order valence-corrected chi connectivity index (χ2v) is 3.06. The van der Waals surface area contributed by atoms with E-state index in [-0.39, 0.29) is 17.2 Å². The Bertz CT molecular complexity index is 505. The van der Waals surface area contributed by atoms with E-state index < -0.39 is 0 Å². The molecule has 1 aromatic heterocycles. The van der Waals surface area contributed by atoms with Crippen LogP contribution in [-0.4, -0.2) is 15.3 Å². The smallest absolute Gasteiger partial charge is 0.368 e. The second-order valence-electron chi connectivity index (χ2n) is 3.06. The first-order chi connectivity index (χ1) is 6.58. The van der Waals surface area contributed by atoms with Gasteiger partial charge in [-0.05, 0) is 0 Å². The van der Waals surface area contributed by atoms with Gasteiger partial charge in [0.25, 0.3) is 0 Å². The van der Waals surface area contributed by atoms with Crippen LogP contribution >= 0.6 is 0 Å². The van der Waals surface area contributed by atoms with Crippen molar-refractivity contribution in [3.05, 3.63) is 24.0 Å². The molecule has 0 unspecified atom stereocenters. The van der Waals surface area contributed by atoms with Gasteiger partial charge < -0.3 is 15.3 Å². The van der Waals surface area contributed by atoms with Crippen LogP contribution in [0.15, 0.2) is 22.6 Å². The largest absolute Gasteiger partial charge is 0.507 e. The molecule has 3 N–H and O–H groups in total. The highest BCUT2D eigenvalue weighted by molar-refractivity contribution is 5.85. The number of hydrogen-bond donors (Lipinski definition) is 3. The lowest BCUT2D eigenvalue weighted by molar-refractivity contribution is 0.425. The van der Waals surface area contributed by atoms with Gasteiger partial charge in [0.2, 0.25) is 5.75 Å². The molecule has 0 bridgehead atoms. The molecule has 0 amide bonds. The lowest BCUT2D eigenvalue weighted by Crippen LogP contribution is -1.79. The molecule has 4 heteroatoms. The average molecular weight is 193 g/mol. The minimum absolute atomic E-state index is 0.0292. The van der Waals surface area contributed by atoms with Gasteiger partial charge in [-0.25, -0.2) is 4.42 Å². The summed E-state index contributed by atoms with van der Waals surface area (Å²) in [6.07, 6.45) is 0. The summed E-state index contributed by atoms with van der Waals surface area (Å²) in [5, 5.41) is 28.3. The van der Waals surface area contributed by atoms with E-state index in [0.717, 1.165) is 0 Å². The highest BCUT2D eigenvalue weighted by atomic mass is 16.4. The molecule has 0 radical (unpaired) electrons. The summed E-state index contributed by atoms with van der Waals surface area (Å²) in [5.41, 5.74) is 0.331. The van der Waals surface area contributed by atoms with E-state index in [0.29, 0.717) is 16.7 Å². The molecule has 2 rings (SSSR count). The summed E-state index contributed by atoms with van der Waals surface area (Å²) in [7, 11) is 0. The van der Waals surface area contributed by atoms with Crippen molar-refractivity contribution in [3.8, 4) is 17.2 Å². The number of benzene rings is 1. The predicted octanol–water partition coefficient (Wildman–Crippen LogP) is 2.14. The molecule has 0 fully saturated rings. The summed E-state index contributed by atoms with van der Waals surface area (Å²) in [5.74, 6) is 0.101. The van der Waals surface area contributed by atoms with Gasteiger partial charge in [0.1, 0.15) is 16.9 Å². The Morgan fingerprint density at radius 1 is 1.00 bits per heavy atom. The lowest BCUT2D eigenvalue weighted by Gasteiger charge is -1.96. The van der Waals surface area contributed by atoms with Crippen molar-refractivity contribution in [1.82, 2.24) is 0 Å². The molecule has 4 nitrogen and oxygen atoms in total. The van der Waals surface area contributed by atoms with Gasteiger partial charge >= 0.3 is 11.3 Å². The number of aryl methyl sites for hydroxylation is 1. The topological polar surface area (TPSA) is 72.0 Å². The predicted molar refractivity (Wildman–Crippen MR) is 50.4 cm³/mol. The van der Waals surface area contributed by atoms with E-state index in [1.807, 2.05) is 0 Å². The second kappa shape index (κ2) is 2.77. The third kappa shape index (κ3) is 1.21. The van der Waals surface area contributed by atoms with Gasteiger partial charge in [0.15, 0.2) is 0 Å². The number of phenolic OH excluding ortho intramolecular Hbond substituents is 2. The molecule has 0 atom stereocenters. The molecule has 0 saturated heterocycles. The van der Waals surface area contributed by atoms with E-state index in [9.17, 15) is 15.3 Å². The van der Waals surface area contributed by atoms with Crippen molar-refractivity contribution in [2.45, 2.75) is 6.92 Å². The van der Waals surface area contributed by atoms with Gasteiger partial charge in [-0.3, -0.25) is 0 Å². The maximum absolute atomic E-state index is 9.44. The molecule has 72 valence electrons. The number of rotatable bonds is 0. The minimum atomic E-state index is -0.126. The average Bonchev–Trinajstić information content (AvgIpc) is 2.08. The van der Waals surface area contributed by atoms with Crippen molar-refractivity contribution in [2.24, 2.45) is 0 Å². The van der Waals surface area contributed by atoms with Crippen molar-refractivity contribution in [1.29, 1.82) is 0 Å². The van der Waals surface area contributed by atoms with Gasteiger partial charge in [-0.15, -0.1) is 0 Å². The highest BCUT2D eigenvalue weighted by Crippen LogP contribution is 2.33. The van der Waals surface area contributed by atoms with Crippen LogP contribution in [0.4, 0.5) is 0 Å². The fourth-order valence-corrected chi connectivity index (χ4v) is 1.28. The normalized spacial score (nSPS) is 10.6. The van der Waals surface area contributed by atoms with Crippen LogP contribution < -0.4 is 0 Å². The Morgan fingerprint density at radius 2 is 1.71 bits per heavy atom. The first kappa shape index (κ1) is 8.62. The van der Waals surface area contributed by atoms with Crippen molar-refractivity contribution < 1.29 is 19.7 Å². The monoisotopic (exact) mass is 193 g/mol. The van der Waals surface area contributed by atoms with E-state index in [1.165, 1.54) is 18.2 Å². The lowest BCUT2D eigenvalue weighted by atomic mass is 10.2. The fourth-order valence-electron chi connectivity index (χ4n) is 1.28. The third-order valence-corrected chi connectivity index (χ3v) is 2.01. The quantitative estimate of drug-likeness (QED) is 0.560. The highest BCUT2D eigenvalue weighted by Gasteiger charge is 2.17. The Labute approximate surface area is 79.7 Å². The van der Waals surface area contributed by atoms with Gasteiger partial charge in [-0.2, -0.15) is 0 Å². The van der Waals surface area contributed by atoms with Crippen LogP contribution in [0.25, 0.3) is 11.0 Å². The summed E-state index contributed by atoms with van der Waals surface area (Å²) in [4.78, 5) is 0. The van der Waals surface area contributed by atoms with Crippen molar-refractivity contribution in [2.75, 3.05) is 0 Å². The standard InChI is InChI=1S/C10H8O4/c1-5-8(12)4-7-9(13)2-6(11)3-10(7)14-5/h2-4H,1H3,(H2-,11,12,13)/p+1. The zero-order chi connectivity index (χ0) is 10.3. The third-order valence-electron chi connectivity index (χ3n) is 2.01. The Hall–Kier alpha value is -1.97. The SMILES string of the molecule is Cc1[o+]c2cc(O)cc(O)c2cc1O. The van der Waals surface area contributed by atoms with Crippen LogP contribution in [0.3, 0.4) is 0 Å². The van der Waals surface area contributed by atoms with Gasteiger partial charge in [0, 0.05) is 12.1 Å². The van der Waals surface area contributed by atoms with Gasteiger partial charge in [0.05, 0.1) is 13.0 Å². The molecule has 0 spiro atoms. The van der Waals surface area contributed by atoms with Crippen molar-refractivity contribution >= 4 is 11.0 Å². The number of phenols is 2. The number of aromatic hydroxyl groups is 3. The molecule has 1 heterocycles. The van der Waals surface area contributed by atoms with E-state index in [1.54, 1.807) is 6.92 Å². The Kier molecular flexibility index (Phi) is 1.70. The molecule has 14 heavy (non-hydrogen) atoms. The van der Waals surface area contributed by atoms with Gasteiger partial charge in [-0.1, -0.05) is 0 Å². The molecule has 0 aliphatic heterocycles. The van der Waals surface area contributed by atoms with Crippen LogP contribution in [0.5, 0.6) is 17.2 Å². The maximum atomic E-state index is 9.44. The summed E-state index contributed by atoms with van der Waals surface area (Å²) in [6.45, 7) is 1.59. The molecule has 1 aromatic carbocycles. The Balaban J connectivity index is 2.89. The van der Waals surface area contributed by atoms with E-state index in [2.05, 4.69) is 0 Å². The van der Waals surface area contributed by atoms with Crippen LogP contribution in [0, 0.1) is 6.92 Å². The molecule has 2 aromatic rings. The maximum Gasteiger partial charge on any atom is 0.368 e. The van der Waals surface area contributed by atoms with Crippen LogP contribution in [-0.2, 0) is 0 Å². The molecule has 0 saturated carbocycles. The van der Waals surface area contributed by atoms with E-state index in [4.69, 9.17) is 4.42 Å². The van der Waals surface area contributed by atoms with Crippen molar-refractivity contribution in [3.63, 3.8) is 0 Å². The first-order valence-electron chi connectivity index (χ1n) is 4.06. The molecule has 0 aliphatic carbocycles. The van der Waals surface area contributed by atoms with Crippen LogP contribution in [0.2, 0.25) is 0 Å². The molecular formula is C10H9O4+. The minimum Gasteiger partial charge on any atom is -0.507 e. The number of fused-ring (bicyclic) bond motifs is 1. The first-order valence-corrected chi connectivity index (χ1v) is 4.06. The zero-order valence-corrected chi connectivity index (χ0v) is 7.48. The van der Waals surface area contributed by atoms with Crippen LogP contribution in [0.1, 0.15) is 5.76 Å². The summed E-state index contributed by atoms with van der Waals surface area (Å²) < 4.78 is 5.18. The summed E-state index contributed by atoms with van der Waals surface area (Å²) >= 11 is 0. The van der Waals surface area contributed by atoms with E-state index >= 15 is 0 Å². The summed E-state index contributed by atoms with van der Waals surface area (Å²) in [6, 6.07) is 3.96.